The van der Waals surface area contributed by atoms with Crippen molar-refractivity contribution in [2.45, 2.75) is 51.1 Å². The fraction of sp³-hybridized carbons (Fsp3) is 0.429. The van der Waals surface area contributed by atoms with Gasteiger partial charge in [-0.3, -0.25) is 4.79 Å². The summed E-state index contributed by atoms with van der Waals surface area (Å²) < 4.78 is 54.1. The van der Waals surface area contributed by atoms with Crippen LogP contribution in [0.2, 0.25) is 0 Å². The minimum Gasteiger partial charge on any atom is -0.497 e. The molecular formula is C28H30F3N3O3. The molecule has 9 heteroatoms. The fourth-order valence-electron chi connectivity index (χ4n) is 5.45. The number of hydrogen-bond acceptors (Lipinski definition) is 5. The maximum atomic E-state index is 14.1. The lowest BCUT2D eigenvalue weighted by atomic mass is 10.0. The Kier molecular flexibility index (Phi) is 6.88. The molecule has 1 N–H and O–H groups in total. The molecule has 1 fully saturated rings. The number of halogens is 3. The van der Waals surface area contributed by atoms with Crippen LogP contribution in [-0.4, -0.2) is 30.5 Å². The number of ether oxygens (including phenoxy) is 2. The topological polar surface area (TPSA) is 65.4 Å². The van der Waals surface area contributed by atoms with Crippen molar-refractivity contribution in [3.05, 3.63) is 63.4 Å². The van der Waals surface area contributed by atoms with Gasteiger partial charge in [-0.2, -0.15) is 23.0 Å². The van der Waals surface area contributed by atoms with E-state index < -0.39 is 17.3 Å². The van der Waals surface area contributed by atoms with Gasteiger partial charge in [0.05, 0.1) is 31.2 Å². The first-order valence-electron chi connectivity index (χ1n) is 12.6. The lowest BCUT2D eigenvalue weighted by Crippen LogP contribution is -2.28. The molecule has 2 aliphatic carbocycles. The molecular weight excluding hydrogens is 483 g/mol. The Hall–Kier alpha value is -3.49. The van der Waals surface area contributed by atoms with E-state index in [4.69, 9.17) is 9.47 Å². The summed E-state index contributed by atoms with van der Waals surface area (Å²) in [5, 5.41) is 7.83. The monoisotopic (exact) mass is 513 g/mol. The van der Waals surface area contributed by atoms with Crippen LogP contribution in [0.5, 0.6) is 11.5 Å². The highest BCUT2D eigenvalue weighted by Crippen LogP contribution is 2.37. The first-order valence-corrected chi connectivity index (χ1v) is 12.6. The zero-order valence-corrected chi connectivity index (χ0v) is 21.0. The van der Waals surface area contributed by atoms with E-state index in [0.717, 1.165) is 35.6 Å². The summed E-state index contributed by atoms with van der Waals surface area (Å²) in [6.45, 7) is 0.687. The molecule has 0 aliphatic heterocycles. The van der Waals surface area contributed by atoms with Crippen molar-refractivity contribution in [1.82, 2.24) is 9.78 Å². The predicted molar refractivity (Wildman–Crippen MR) is 136 cm³/mol. The minimum atomic E-state index is -4.65. The van der Waals surface area contributed by atoms with Crippen LogP contribution in [0, 0.1) is 5.92 Å². The normalized spacial score (nSPS) is 15.6. The molecule has 196 valence electrons. The third kappa shape index (κ3) is 5.04. The Balaban J connectivity index is 1.67. The molecule has 0 unspecified atom stereocenters. The van der Waals surface area contributed by atoms with Crippen molar-refractivity contribution in [2.75, 3.05) is 26.1 Å². The maximum absolute atomic E-state index is 14.1. The van der Waals surface area contributed by atoms with Gasteiger partial charge in [0.15, 0.2) is 0 Å². The zero-order chi connectivity index (χ0) is 26.2. The number of nitrogens with zero attached hydrogens (tertiary/aromatic N) is 2. The van der Waals surface area contributed by atoms with Crippen LogP contribution in [0.1, 0.15) is 48.8 Å². The second-order valence-corrected chi connectivity index (χ2v) is 9.74. The second-order valence-electron chi connectivity index (χ2n) is 9.74. The molecule has 1 heterocycles. The van der Waals surface area contributed by atoms with Crippen LogP contribution < -0.4 is 20.3 Å². The van der Waals surface area contributed by atoms with Crippen molar-refractivity contribution in [3.63, 3.8) is 0 Å². The molecule has 37 heavy (non-hydrogen) atoms. The molecule has 0 spiro atoms. The summed E-state index contributed by atoms with van der Waals surface area (Å²) in [4.78, 5) is 13.5. The fourth-order valence-corrected chi connectivity index (χ4v) is 5.45. The average molecular weight is 514 g/mol. The second kappa shape index (κ2) is 10.1. The van der Waals surface area contributed by atoms with E-state index in [9.17, 15) is 18.0 Å². The van der Waals surface area contributed by atoms with Crippen LogP contribution in [0.25, 0.3) is 16.9 Å². The minimum absolute atomic E-state index is 0.278. The van der Waals surface area contributed by atoms with Gasteiger partial charge >= 0.3 is 6.18 Å². The Morgan fingerprint density at radius 3 is 2.30 bits per heavy atom. The first-order chi connectivity index (χ1) is 17.8. The van der Waals surface area contributed by atoms with Crippen molar-refractivity contribution in [2.24, 2.45) is 5.92 Å². The molecule has 0 amide bonds. The SMILES string of the molecule is COc1cc(OC)cc(-c2nn(-c3cc(NCC4CCCC4)ccc3C(F)(F)F)c(=O)c3c2CCC3)c1. The number of fused-ring (bicyclic) bond motifs is 1. The van der Waals surface area contributed by atoms with Crippen molar-refractivity contribution in [1.29, 1.82) is 0 Å². The lowest BCUT2D eigenvalue weighted by molar-refractivity contribution is -0.137. The summed E-state index contributed by atoms with van der Waals surface area (Å²) in [5.41, 5.74) is 1.19. The van der Waals surface area contributed by atoms with E-state index >= 15 is 0 Å². The molecule has 2 aromatic carbocycles. The van der Waals surface area contributed by atoms with E-state index in [1.807, 2.05) is 0 Å². The highest BCUT2D eigenvalue weighted by molar-refractivity contribution is 5.69. The molecule has 0 bridgehead atoms. The van der Waals surface area contributed by atoms with Gasteiger partial charge in [0, 0.05) is 29.4 Å². The molecule has 0 radical (unpaired) electrons. The average Bonchev–Trinajstić information content (AvgIpc) is 3.59. The van der Waals surface area contributed by atoms with Crippen LogP contribution in [0.15, 0.2) is 41.2 Å². The number of alkyl halides is 3. The maximum Gasteiger partial charge on any atom is 0.418 e. The van der Waals surface area contributed by atoms with Crippen LogP contribution in [0.4, 0.5) is 18.9 Å². The summed E-state index contributed by atoms with van der Waals surface area (Å²) >= 11 is 0. The highest BCUT2D eigenvalue weighted by Gasteiger charge is 2.35. The van der Waals surface area contributed by atoms with E-state index in [1.165, 1.54) is 39.2 Å². The summed E-state index contributed by atoms with van der Waals surface area (Å²) in [6, 6.07) is 9.06. The highest BCUT2D eigenvalue weighted by atomic mass is 19.4. The summed E-state index contributed by atoms with van der Waals surface area (Å²) in [7, 11) is 3.05. The van der Waals surface area contributed by atoms with Crippen molar-refractivity contribution >= 4 is 5.69 Å². The summed E-state index contributed by atoms with van der Waals surface area (Å²) in [5.74, 6) is 1.55. The van der Waals surface area contributed by atoms with E-state index in [0.29, 0.717) is 59.3 Å². The van der Waals surface area contributed by atoms with Gasteiger partial charge in [0.25, 0.3) is 5.56 Å². The van der Waals surface area contributed by atoms with Gasteiger partial charge in [0.2, 0.25) is 0 Å². The third-order valence-corrected chi connectivity index (χ3v) is 7.38. The van der Waals surface area contributed by atoms with Gasteiger partial charge in [0.1, 0.15) is 11.5 Å². The number of anilines is 1. The number of aromatic nitrogens is 2. The van der Waals surface area contributed by atoms with Gasteiger partial charge in [-0.25, -0.2) is 0 Å². The molecule has 3 aromatic rings. The van der Waals surface area contributed by atoms with E-state index in [-0.39, 0.29) is 5.69 Å². The van der Waals surface area contributed by atoms with Gasteiger partial charge in [-0.1, -0.05) is 12.8 Å². The number of rotatable bonds is 7. The third-order valence-electron chi connectivity index (χ3n) is 7.38. The number of methoxy groups -OCH3 is 2. The van der Waals surface area contributed by atoms with Crippen LogP contribution in [0.3, 0.4) is 0 Å². The molecule has 6 nitrogen and oxygen atoms in total. The predicted octanol–water partition coefficient (Wildman–Crippen LogP) is 6.03. The molecule has 0 saturated heterocycles. The molecule has 0 atom stereocenters. The van der Waals surface area contributed by atoms with Crippen LogP contribution >= 0.6 is 0 Å². The van der Waals surface area contributed by atoms with Crippen molar-refractivity contribution < 1.29 is 22.6 Å². The Labute approximate surface area is 213 Å². The number of hydrogen-bond donors (Lipinski definition) is 1. The Morgan fingerprint density at radius 2 is 1.65 bits per heavy atom. The van der Waals surface area contributed by atoms with Crippen molar-refractivity contribution in [3.8, 4) is 28.4 Å². The molecule has 1 saturated carbocycles. The quantitative estimate of drug-likeness (QED) is 0.418. The number of nitrogens with one attached hydrogen (secondary N) is 1. The standard InChI is InChI=1S/C28H30F3N3O3/c1-36-20-12-18(13-21(15-20)37-2)26-22-8-5-9-23(22)27(35)34(33-26)25-14-19(10-11-24(25)28(29,30)31)32-16-17-6-3-4-7-17/h10-15,17,32H,3-9,16H2,1-2H3. The Bertz CT molecular complexity index is 1340. The Morgan fingerprint density at radius 1 is 0.973 bits per heavy atom. The van der Waals surface area contributed by atoms with Crippen LogP contribution in [-0.2, 0) is 19.0 Å². The zero-order valence-electron chi connectivity index (χ0n) is 21.0. The smallest absolute Gasteiger partial charge is 0.418 e. The lowest BCUT2D eigenvalue weighted by Gasteiger charge is -2.19. The van der Waals surface area contributed by atoms with E-state index in [1.54, 1.807) is 18.2 Å². The largest absolute Gasteiger partial charge is 0.497 e. The van der Waals surface area contributed by atoms with Gasteiger partial charge in [-0.15, -0.1) is 0 Å². The summed E-state index contributed by atoms with van der Waals surface area (Å²) in [6.07, 6.45) is 1.78. The first kappa shape index (κ1) is 25.2. The molecule has 5 rings (SSSR count). The van der Waals surface area contributed by atoms with E-state index in [2.05, 4.69) is 10.4 Å². The number of benzene rings is 2. The molecule has 1 aromatic heterocycles. The molecule has 2 aliphatic rings. The van der Waals surface area contributed by atoms with Gasteiger partial charge in [-0.05, 0) is 73.9 Å². The van der Waals surface area contributed by atoms with Gasteiger partial charge < -0.3 is 14.8 Å².